The number of halogens is 1. The largest absolute Gasteiger partial charge is 0.490 e. The van der Waals surface area contributed by atoms with Crippen LogP contribution in [0.25, 0.3) is 0 Å². The van der Waals surface area contributed by atoms with Gasteiger partial charge < -0.3 is 15.2 Å². The second kappa shape index (κ2) is 8.98. The Morgan fingerprint density at radius 3 is 2.95 bits per heavy atom. The van der Waals surface area contributed by atoms with Crippen molar-refractivity contribution in [3.63, 3.8) is 0 Å². The molecule has 0 aliphatic carbocycles. The summed E-state index contributed by atoms with van der Waals surface area (Å²) in [6, 6.07) is 5.87. The monoisotopic (exact) mass is 325 g/mol. The quantitative estimate of drug-likeness (QED) is 0.598. The Labute approximate surface area is 123 Å². The molecule has 0 saturated carbocycles. The molecule has 19 heavy (non-hydrogen) atoms. The van der Waals surface area contributed by atoms with Gasteiger partial charge in [0.15, 0.2) is 0 Å². The third kappa shape index (κ3) is 6.63. The molecular formula is C15H20BrNO2. The Bertz CT molecular complexity index is 451. The summed E-state index contributed by atoms with van der Waals surface area (Å²) in [4.78, 5) is 0. The van der Waals surface area contributed by atoms with E-state index in [9.17, 15) is 5.11 Å². The van der Waals surface area contributed by atoms with Crippen LogP contribution in [0.2, 0.25) is 0 Å². The van der Waals surface area contributed by atoms with Crippen molar-refractivity contribution in [3.8, 4) is 17.6 Å². The summed E-state index contributed by atoms with van der Waals surface area (Å²) < 4.78 is 6.48. The minimum Gasteiger partial charge on any atom is -0.490 e. The van der Waals surface area contributed by atoms with Crippen molar-refractivity contribution in [2.45, 2.75) is 26.4 Å². The Balaban J connectivity index is 2.25. The van der Waals surface area contributed by atoms with Gasteiger partial charge in [-0.2, -0.15) is 0 Å². The van der Waals surface area contributed by atoms with Crippen molar-refractivity contribution in [1.29, 1.82) is 0 Å². The zero-order valence-corrected chi connectivity index (χ0v) is 13.0. The number of rotatable bonds is 7. The molecule has 0 heterocycles. The molecule has 1 unspecified atom stereocenters. The zero-order valence-electron chi connectivity index (χ0n) is 11.4. The van der Waals surface area contributed by atoms with Crippen molar-refractivity contribution < 1.29 is 9.84 Å². The average Bonchev–Trinajstić information content (AvgIpc) is 2.37. The molecule has 0 radical (unpaired) electrons. The molecule has 0 amide bonds. The summed E-state index contributed by atoms with van der Waals surface area (Å²) in [6.45, 7) is 5.41. The summed E-state index contributed by atoms with van der Waals surface area (Å²) >= 11 is 3.44. The van der Waals surface area contributed by atoms with E-state index in [4.69, 9.17) is 4.74 Å². The standard InChI is InChI=1S/C15H20BrNO2/c1-3-4-5-8-17-10-13(18)11-19-15-7-6-12(2)9-14(15)16/h6-7,9,13,17-18H,5,8,10-11H2,1-2H3. The fourth-order valence-corrected chi connectivity index (χ4v) is 2.12. The number of benzene rings is 1. The van der Waals surface area contributed by atoms with Crippen LogP contribution in [0.5, 0.6) is 5.75 Å². The van der Waals surface area contributed by atoms with Crippen molar-refractivity contribution in [1.82, 2.24) is 5.32 Å². The van der Waals surface area contributed by atoms with Crippen LogP contribution in [0.4, 0.5) is 0 Å². The lowest BCUT2D eigenvalue weighted by Crippen LogP contribution is -2.31. The van der Waals surface area contributed by atoms with Crippen molar-refractivity contribution in [2.75, 3.05) is 19.7 Å². The predicted octanol–water partition coefficient (Wildman–Crippen LogP) is 2.50. The molecule has 1 aromatic rings. The van der Waals surface area contributed by atoms with E-state index in [-0.39, 0.29) is 6.61 Å². The lowest BCUT2D eigenvalue weighted by molar-refractivity contribution is 0.106. The van der Waals surface area contributed by atoms with Gasteiger partial charge in [0.25, 0.3) is 0 Å². The molecule has 1 atom stereocenters. The van der Waals surface area contributed by atoms with Crippen LogP contribution in [0.1, 0.15) is 18.9 Å². The first-order chi connectivity index (χ1) is 9.13. The highest BCUT2D eigenvalue weighted by Crippen LogP contribution is 2.25. The van der Waals surface area contributed by atoms with E-state index in [1.807, 2.05) is 32.0 Å². The first kappa shape index (κ1) is 16.0. The number of aliphatic hydroxyl groups is 1. The highest BCUT2D eigenvalue weighted by Gasteiger charge is 2.06. The van der Waals surface area contributed by atoms with Crippen LogP contribution in [-0.4, -0.2) is 30.9 Å². The lowest BCUT2D eigenvalue weighted by Gasteiger charge is -2.14. The Morgan fingerprint density at radius 2 is 2.26 bits per heavy atom. The fraction of sp³-hybridized carbons (Fsp3) is 0.467. The third-order valence-corrected chi connectivity index (χ3v) is 3.12. The molecule has 0 saturated heterocycles. The van der Waals surface area contributed by atoms with Gasteiger partial charge in [0.2, 0.25) is 0 Å². The van der Waals surface area contributed by atoms with E-state index in [0.717, 1.165) is 23.2 Å². The van der Waals surface area contributed by atoms with Crippen molar-refractivity contribution in [2.24, 2.45) is 0 Å². The van der Waals surface area contributed by atoms with Gasteiger partial charge in [0.05, 0.1) is 4.47 Å². The van der Waals surface area contributed by atoms with Crippen LogP contribution in [0.15, 0.2) is 22.7 Å². The maximum absolute atomic E-state index is 9.77. The predicted molar refractivity (Wildman–Crippen MR) is 81.3 cm³/mol. The molecule has 3 nitrogen and oxygen atoms in total. The smallest absolute Gasteiger partial charge is 0.133 e. The molecule has 0 bridgehead atoms. The van der Waals surface area contributed by atoms with Crippen molar-refractivity contribution in [3.05, 3.63) is 28.2 Å². The summed E-state index contributed by atoms with van der Waals surface area (Å²) in [5.41, 5.74) is 1.17. The summed E-state index contributed by atoms with van der Waals surface area (Å²) in [5.74, 6) is 6.54. The third-order valence-electron chi connectivity index (χ3n) is 2.50. The van der Waals surface area contributed by atoms with Crippen LogP contribution in [0, 0.1) is 18.8 Å². The van der Waals surface area contributed by atoms with Crippen LogP contribution in [0.3, 0.4) is 0 Å². The second-order valence-corrected chi connectivity index (χ2v) is 5.13. The first-order valence-corrected chi connectivity index (χ1v) is 7.10. The molecule has 104 valence electrons. The molecule has 0 aromatic heterocycles. The highest BCUT2D eigenvalue weighted by molar-refractivity contribution is 9.10. The van der Waals surface area contributed by atoms with Gasteiger partial charge in [-0.15, -0.1) is 11.8 Å². The molecule has 0 fully saturated rings. The summed E-state index contributed by atoms with van der Waals surface area (Å²) in [5, 5.41) is 12.9. The molecule has 0 aliphatic rings. The van der Waals surface area contributed by atoms with Gasteiger partial charge in [0.1, 0.15) is 18.5 Å². The Kier molecular flexibility index (Phi) is 7.57. The maximum atomic E-state index is 9.77. The number of hydrogen-bond donors (Lipinski definition) is 2. The molecule has 0 spiro atoms. The molecule has 4 heteroatoms. The second-order valence-electron chi connectivity index (χ2n) is 4.28. The van der Waals surface area contributed by atoms with E-state index in [1.165, 1.54) is 5.56 Å². The number of ether oxygens (including phenoxy) is 1. The lowest BCUT2D eigenvalue weighted by atomic mass is 10.2. The zero-order chi connectivity index (χ0) is 14.1. The SMILES string of the molecule is CC#CCCNCC(O)COc1ccc(C)cc1Br. The Hall–Kier alpha value is -1.02. The summed E-state index contributed by atoms with van der Waals surface area (Å²) in [7, 11) is 0. The van der Waals surface area contributed by atoms with E-state index in [0.29, 0.717) is 6.54 Å². The first-order valence-electron chi connectivity index (χ1n) is 6.31. The van der Waals surface area contributed by atoms with Gasteiger partial charge in [0, 0.05) is 19.5 Å². The van der Waals surface area contributed by atoms with Crippen LogP contribution in [-0.2, 0) is 0 Å². The summed E-state index contributed by atoms with van der Waals surface area (Å²) in [6.07, 6.45) is 0.274. The van der Waals surface area contributed by atoms with Gasteiger partial charge in [-0.05, 0) is 47.5 Å². The topological polar surface area (TPSA) is 41.5 Å². The molecular weight excluding hydrogens is 306 g/mol. The van der Waals surface area contributed by atoms with E-state index in [2.05, 4.69) is 33.1 Å². The average molecular weight is 326 g/mol. The minimum atomic E-state index is -0.525. The Morgan fingerprint density at radius 1 is 1.47 bits per heavy atom. The van der Waals surface area contributed by atoms with E-state index in [1.54, 1.807) is 0 Å². The molecule has 1 rings (SSSR count). The van der Waals surface area contributed by atoms with E-state index >= 15 is 0 Å². The van der Waals surface area contributed by atoms with E-state index < -0.39 is 6.10 Å². The normalized spacial score (nSPS) is 11.6. The number of aliphatic hydroxyl groups excluding tert-OH is 1. The van der Waals surface area contributed by atoms with Gasteiger partial charge in [-0.3, -0.25) is 0 Å². The number of nitrogens with one attached hydrogen (secondary N) is 1. The molecule has 1 aromatic carbocycles. The van der Waals surface area contributed by atoms with Crippen molar-refractivity contribution >= 4 is 15.9 Å². The van der Waals surface area contributed by atoms with Gasteiger partial charge in [-0.25, -0.2) is 0 Å². The fourth-order valence-electron chi connectivity index (χ4n) is 1.51. The van der Waals surface area contributed by atoms with Gasteiger partial charge in [-0.1, -0.05) is 6.07 Å². The minimum absolute atomic E-state index is 0.272. The maximum Gasteiger partial charge on any atom is 0.133 e. The molecule has 2 N–H and O–H groups in total. The van der Waals surface area contributed by atoms with Crippen LogP contribution < -0.4 is 10.1 Å². The highest BCUT2D eigenvalue weighted by atomic mass is 79.9. The number of aryl methyl sites for hydroxylation is 1. The van der Waals surface area contributed by atoms with Gasteiger partial charge >= 0.3 is 0 Å². The van der Waals surface area contributed by atoms with Crippen LogP contribution >= 0.6 is 15.9 Å². The molecule has 0 aliphatic heterocycles. The number of hydrogen-bond acceptors (Lipinski definition) is 3.